The molecule has 324 valence electrons. The van der Waals surface area contributed by atoms with E-state index in [0.29, 0.717) is 0 Å². The van der Waals surface area contributed by atoms with Crippen molar-refractivity contribution in [1.82, 2.24) is 0 Å². The molecule has 2 aliphatic rings. The highest BCUT2D eigenvalue weighted by atomic mass is 15.1. The minimum absolute atomic E-state index is 0.445. The van der Waals surface area contributed by atoms with Crippen molar-refractivity contribution in [3.05, 3.63) is 330 Å². The monoisotopic (exact) mass is 877 g/mol. The second kappa shape index (κ2) is 16.5. The van der Waals surface area contributed by atoms with Crippen molar-refractivity contribution in [2.75, 3.05) is 4.90 Å². The van der Waals surface area contributed by atoms with Gasteiger partial charge in [0.15, 0.2) is 0 Å². The number of anilines is 3. The van der Waals surface area contributed by atoms with Crippen LogP contribution in [0.3, 0.4) is 0 Å². The maximum atomic E-state index is 2.46. The molecule has 13 rings (SSSR count). The van der Waals surface area contributed by atoms with Gasteiger partial charge in [-0.25, -0.2) is 0 Å². The van der Waals surface area contributed by atoms with E-state index in [1.54, 1.807) is 0 Å². The molecule has 0 amide bonds. The SMILES string of the molecule is c1ccc(-c2ccc(N(c3cccc(-c4ccc5c(c4)-c4ccccc4C5(c4ccccc4)c4ccccc4)c3)c3ccc4c(c3)C(c3ccccc3)(c3ccccc3)c3ccccc3-4)cc2)cc1. The van der Waals surface area contributed by atoms with Crippen LogP contribution in [-0.2, 0) is 10.8 Å². The van der Waals surface area contributed by atoms with Gasteiger partial charge in [-0.1, -0.05) is 243 Å². The Balaban J connectivity index is 0.997. The molecule has 0 atom stereocenters. The average molecular weight is 878 g/mol. The summed E-state index contributed by atoms with van der Waals surface area (Å²) in [7, 11) is 0. The predicted molar refractivity (Wildman–Crippen MR) is 287 cm³/mol. The summed E-state index contributed by atoms with van der Waals surface area (Å²) < 4.78 is 0. The maximum Gasteiger partial charge on any atom is 0.0714 e. The first-order chi connectivity index (χ1) is 34.2. The highest BCUT2D eigenvalue weighted by molar-refractivity contribution is 5.92. The molecule has 1 nitrogen and oxygen atoms in total. The third-order valence-corrected chi connectivity index (χ3v) is 14.8. The lowest BCUT2D eigenvalue weighted by molar-refractivity contribution is 0.768. The van der Waals surface area contributed by atoms with Gasteiger partial charge in [0.25, 0.3) is 0 Å². The molecular weight excluding hydrogens is 831 g/mol. The molecule has 0 unspecified atom stereocenters. The molecular formula is C68H47N. The molecule has 69 heavy (non-hydrogen) atoms. The lowest BCUT2D eigenvalue weighted by Gasteiger charge is -2.35. The molecule has 11 aromatic rings. The van der Waals surface area contributed by atoms with Gasteiger partial charge in [-0.15, -0.1) is 0 Å². The second-order valence-electron chi connectivity index (χ2n) is 18.3. The predicted octanol–water partition coefficient (Wildman–Crippen LogP) is 17.2. The number of benzene rings is 11. The summed E-state index contributed by atoms with van der Waals surface area (Å²) in [6.45, 7) is 0. The van der Waals surface area contributed by atoms with Crippen molar-refractivity contribution < 1.29 is 0 Å². The average Bonchev–Trinajstić information content (AvgIpc) is 3.90. The van der Waals surface area contributed by atoms with Gasteiger partial charge in [0.1, 0.15) is 0 Å². The van der Waals surface area contributed by atoms with Crippen LogP contribution in [0.4, 0.5) is 17.1 Å². The molecule has 0 bridgehead atoms. The summed E-state index contributed by atoms with van der Waals surface area (Å²) in [6, 6.07) is 105. The molecule has 0 saturated heterocycles. The summed E-state index contributed by atoms with van der Waals surface area (Å²) in [6.07, 6.45) is 0. The summed E-state index contributed by atoms with van der Waals surface area (Å²) >= 11 is 0. The summed E-state index contributed by atoms with van der Waals surface area (Å²) in [5, 5.41) is 0. The number of hydrogen-bond donors (Lipinski definition) is 0. The van der Waals surface area contributed by atoms with Crippen molar-refractivity contribution >= 4 is 17.1 Å². The molecule has 0 heterocycles. The smallest absolute Gasteiger partial charge is 0.0714 e. The molecule has 0 radical (unpaired) electrons. The highest BCUT2D eigenvalue weighted by Crippen LogP contribution is 2.59. The van der Waals surface area contributed by atoms with Crippen LogP contribution in [0.5, 0.6) is 0 Å². The Morgan fingerprint density at radius 3 is 1.14 bits per heavy atom. The largest absolute Gasteiger partial charge is 0.310 e. The van der Waals surface area contributed by atoms with Crippen LogP contribution >= 0.6 is 0 Å². The van der Waals surface area contributed by atoms with Gasteiger partial charge in [-0.3, -0.25) is 0 Å². The van der Waals surface area contributed by atoms with Crippen molar-refractivity contribution in [1.29, 1.82) is 0 Å². The lowest BCUT2D eigenvalue weighted by atomic mass is 9.67. The van der Waals surface area contributed by atoms with Crippen LogP contribution in [0.2, 0.25) is 0 Å². The van der Waals surface area contributed by atoms with Crippen LogP contribution in [-0.4, -0.2) is 0 Å². The fourth-order valence-electron chi connectivity index (χ4n) is 11.9. The van der Waals surface area contributed by atoms with E-state index < -0.39 is 10.8 Å². The zero-order valence-corrected chi connectivity index (χ0v) is 38.1. The standard InChI is InChI=1S/C68H47N/c1-6-21-48(22-7-1)49-37-40-56(41-38-49)69(58-42-43-61-59-33-16-18-35-63(59)68(66(61)47-58,54-28-12-4-13-29-54)55-30-14-5-15-31-55)57-32-20-23-50(45-57)51-39-44-65-62(46-51)60-34-17-19-36-64(60)67(65,52-24-8-2-9-25-52)53-26-10-3-11-27-53/h1-47H. The van der Waals surface area contributed by atoms with Gasteiger partial charge in [-0.2, -0.15) is 0 Å². The van der Waals surface area contributed by atoms with E-state index in [4.69, 9.17) is 0 Å². The Morgan fingerprint density at radius 2 is 0.580 bits per heavy atom. The van der Waals surface area contributed by atoms with Gasteiger partial charge in [0, 0.05) is 17.1 Å². The van der Waals surface area contributed by atoms with Gasteiger partial charge < -0.3 is 4.90 Å². The molecule has 0 aromatic heterocycles. The van der Waals surface area contributed by atoms with Crippen molar-refractivity contribution in [3.63, 3.8) is 0 Å². The Bertz CT molecular complexity index is 3560. The Hall–Kier alpha value is -8.78. The third kappa shape index (κ3) is 6.32. The van der Waals surface area contributed by atoms with E-state index in [2.05, 4.69) is 290 Å². The minimum atomic E-state index is -0.523. The lowest BCUT2D eigenvalue weighted by Crippen LogP contribution is -2.28. The molecule has 1 heteroatoms. The Kier molecular flexibility index (Phi) is 9.70. The van der Waals surface area contributed by atoms with Crippen LogP contribution in [0.1, 0.15) is 44.5 Å². The topological polar surface area (TPSA) is 3.24 Å². The van der Waals surface area contributed by atoms with Crippen LogP contribution in [0.15, 0.2) is 285 Å². The Labute approximate surface area is 404 Å². The third-order valence-electron chi connectivity index (χ3n) is 14.8. The van der Waals surface area contributed by atoms with Gasteiger partial charge in [0.05, 0.1) is 10.8 Å². The highest BCUT2D eigenvalue weighted by Gasteiger charge is 2.47. The molecule has 0 saturated carbocycles. The number of hydrogen-bond acceptors (Lipinski definition) is 1. The first-order valence-corrected chi connectivity index (χ1v) is 24.0. The molecule has 0 spiro atoms. The fourth-order valence-corrected chi connectivity index (χ4v) is 11.9. The summed E-state index contributed by atoms with van der Waals surface area (Å²) in [5.41, 5.74) is 22.3. The zero-order chi connectivity index (χ0) is 45.8. The quantitative estimate of drug-likeness (QED) is 0.140. The summed E-state index contributed by atoms with van der Waals surface area (Å²) in [4.78, 5) is 2.45. The van der Waals surface area contributed by atoms with Crippen molar-refractivity contribution in [2.24, 2.45) is 0 Å². The molecule has 0 N–H and O–H groups in total. The van der Waals surface area contributed by atoms with Gasteiger partial charge >= 0.3 is 0 Å². The van der Waals surface area contributed by atoms with E-state index in [1.807, 2.05) is 0 Å². The Morgan fingerprint density at radius 1 is 0.203 bits per heavy atom. The van der Waals surface area contributed by atoms with Crippen LogP contribution in [0.25, 0.3) is 44.5 Å². The van der Waals surface area contributed by atoms with E-state index in [0.717, 1.165) is 22.6 Å². The fraction of sp³-hybridized carbons (Fsp3) is 0.0294. The van der Waals surface area contributed by atoms with Crippen LogP contribution < -0.4 is 4.90 Å². The van der Waals surface area contributed by atoms with E-state index >= 15 is 0 Å². The van der Waals surface area contributed by atoms with Crippen molar-refractivity contribution in [2.45, 2.75) is 10.8 Å². The molecule has 0 fully saturated rings. The van der Waals surface area contributed by atoms with Crippen molar-refractivity contribution in [3.8, 4) is 44.5 Å². The number of nitrogens with zero attached hydrogens (tertiary/aromatic N) is 1. The molecule has 2 aliphatic carbocycles. The van der Waals surface area contributed by atoms with E-state index in [-0.39, 0.29) is 0 Å². The second-order valence-corrected chi connectivity index (χ2v) is 18.3. The minimum Gasteiger partial charge on any atom is -0.310 e. The van der Waals surface area contributed by atoms with E-state index in [9.17, 15) is 0 Å². The van der Waals surface area contributed by atoms with E-state index in [1.165, 1.54) is 83.5 Å². The number of rotatable bonds is 9. The normalized spacial score (nSPS) is 13.4. The zero-order valence-electron chi connectivity index (χ0n) is 38.1. The number of fused-ring (bicyclic) bond motifs is 6. The van der Waals surface area contributed by atoms with Gasteiger partial charge in [0.2, 0.25) is 0 Å². The first-order valence-electron chi connectivity index (χ1n) is 24.0. The van der Waals surface area contributed by atoms with Crippen LogP contribution in [0, 0.1) is 0 Å². The summed E-state index contributed by atoms with van der Waals surface area (Å²) in [5.74, 6) is 0. The first kappa shape index (κ1) is 40.5. The maximum absolute atomic E-state index is 2.46. The molecule has 0 aliphatic heterocycles. The van der Waals surface area contributed by atoms with Gasteiger partial charge in [-0.05, 0) is 131 Å². The molecule has 11 aromatic carbocycles.